The molecule has 188 valence electrons. The molecule has 1 aliphatic rings. The molecule has 2 atom stereocenters. The molecule has 0 radical (unpaired) electrons. The Bertz CT molecular complexity index is 1250. The van der Waals surface area contributed by atoms with Crippen LogP contribution in [0.1, 0.15) is 44.6 Å². The highest BCUT2D eigenvalue weighted by Crippen LogP contribution is 2.44. The Morgan fingerprint density at radius 2 is 1.53 bits per heavy atom. The molecule has 4 rings (SSSR count). The van der Waals surface area contributed by atoms with Gasteiger partial charge in [-0.15, -0.1) is 0 Å². The van der Waals surface area contributed by atoms with E-state index in [0.29, 0.717) is 6.07 Å². The van der Waals surface area contributed by atoms with Crippen LogP contribution in [0.4, 0.5) is 18.0 Å². The van der Waals surface area contributed by atoms with Crippen LogP contribution < -0.4 is 5.32 Å². The number of aromatic carboxylic acids is 1. The van der Waals surface area contributed by atoms with Gasteiger partial charge in [0.05, 0.1) is 11.1 Å². The number of halogens is 3. The van der Waals surface area contributed by atoms with Gasteiger partial charge in [0, 0.05) is 12.5 Å². The van der Waals surface area contributed by atoms with Crippen LogP contribution in [-0.4, -0.2) is 46.6 Å². The van der Waals surface area contributed by atoms with Crippen LogP contribution in [0.15, 0.2) is 66.7 Å². The van der Waals surface area contributed by atoms with Gasteiger partial charge in [-0.1, -0.05) is 54.6 Å². The van der Waals surface area contributed by atoms with Crippen molar-refractivity contribution >= 4 is 12.1 Å². The Morgan fingerprint density at radius 3 is 2.08 bits per heavy atom. The number of carboxylic acids is 1. The van der Waals surface area contributed by atoms with Gasteiger partial charge in [0.25, 0.3) is 0 Å². The second-order valence-electron chi connectivity index (χ2n) is 8.32. The zero-order valence-electron chi connectivity index (χ0n) is 18.7. The summed E-state index contributed by atoms with van der Waals surface area (Å²) in [5.74, 6) is -1.78. The Balaban J connectivity index is 1.39. The van der Waals surface area contributed by atoms with E-state index in [0.717, 1.165) is 34.4 Å². The van der Waals surface area contributed by atoms with Crippen molar-refractivity contribution in [1.29, 1.82) is 0 Å². The number of fused-ring (bicyclic) bond motifs is 3. The fraction of sp³-hybridized carbons (Fsp3) is 0.231. The SMILES string of the molecule is O=C(NCC(O)C(O)c1ccc(C(=O)O)cc1C(F)(F)F)OCC1c2ccccc2-c2ccccc21. The number of aliphatic hydroxyl groups excluding tert-OH is 2. The standard InChI is InChI=1S/C26H22F3NO6/c27-26(28,29)21-11-14(24(33)34)9-10-19(21)23(32)22(31)12-30-25(35)36-13-20-17-7-3-1-5-15(17)16-6-2-4-8-18(16)20/h1-11,20,22-23,31-32H,12-13H2,(H,30,35)(H,33,34). The van der Waals surface area contributed by atoms with Crippen LogP contribution in [0.25, 0.3) is 11.1 Å². The third kappa shape index (κ3) is 5.05. The van der Waals surface area contributed by atoms with E-state index < -0.39 is 53.7 Å². The summed E-state index contributed by atoms with van der Waals surface area (Å²) in [5.41, 5.74) is 1.33. The third-order valence-electron chi connectivity index (χ3n) is 6.09. The minimum Gasteiger partial charge on any atom is -0.478 e. The maximum atomic E-state index is 13.4. The molecule has 0 spiro atoms. The third-order valence-corrected chi connectivity index (χ3v) is 6.09. The first-order valence-electron chi connectivity index (χ1n) is 11.0. The van der Waals surface area contributed by atoms with Crippen LogP contribution >= 0.6 is 0 Å². The van der Waals surface area contributed by atoms with Gasteiger partial charge in [-0.2, -0.15) is 13.2 Å². The van der Waals surface area contributed by atoms with Crippen LogP contribution in [0.3, 0.4) is 0 Å². The predicted octanol–water partition coefficient (Wildman–Crippen LogP) is 4.34. The van der Waals surface area contributed by atoms with Gasteiger partial charge >= 0.3 is 18.2 Å². The molecule has 3 aromatic rings. The average molecular weight is 501 g/mol. The highest BCUT2D eigenvalue weighted by atomic mass is 19.4. The largest absolute Gasteiger partial charge is 0.478 e. The van der Waals surface area contributed by atoms with Gasteiger partial charge in [-0.05, 0) is 39.9 Å². The lowest BCUT2D eigenvalue weighted by atomic mass is 9.96. The molecule has 0 heterocycles. The van der Waals surface area contributed by atoms with E-state index in [1.807, 2.05) is 48.5 Å². The fourth-order valence-electron chi connectivity index (χ4n) is 4.35. The second-order valence-corrected chi connectivity index (χ2v) is 8.32. The van der Waals surface area contributed by atoms with Crippen LogP contribution in [0.5, 0.6) is 0 Å². The highest BCUT2D eigenvalue weighted by Gasteiger charge is 2.37. The average Bonchev–Trinajstić information content (AvgIpc) is 3.18. The summed E-state index contributed by atoms with van der Waals surface area (Å²) in [6.45, 7) is -0.608. The van der Waals surface area contributed by atoms with Crippen LogP contribution in [-0.2, 0) is 10.9 Å². The van der Waals surface area contributed by atoms with E-state index in [1.54, 1.807) is 0 Å². The molecule has 0 fully saturated rings. The first-order chi connectivity index (χ1) is 17.1. The first kappa shape index (κ1) is 25.2. The molecule has 1 amide bonds. The van der Waals surface area contributed by atoms with Crippen molar-refractivity contribution in [2.45, 2.75) is 24.3 Å². The van der Waals surface area contributed by atoms with Gasteiger partial charge in [0.2, 0.25) is 0 Å². The number of ether oxygens (including phenoxy) is 1. The second kappa shape index (κ2) is 10.00. The smallest absolute Gasteiger partial charge is 0.416 e. The summed E-state index contributed by atoms with van der Waals surface area (Å²) in [4.78, 5) is 23.3. The quantitative estimate of drug-likeness (QED) is 0.383. The summed E-state index contributed by atoms with van der Waals surface area (Å²) in [5, 5.41) is 31.7. The van der Waals surface area contributed by atoms with Crippen molar-refractivity contribution in [1.82, 2.24) is 5.32 Å². The van der Waals surface area contributed by atoms with Gasteiger partial charge < -0.3 is 25.4 Å². The van der Waals surface area contributed by atoms with Gasteiger partial charge in [-0.25, -0.2) is 9.59 Å². The summed E-state index contributed by atoms with van der Waals surface area (Å²) in [6.07, 6.45) is -9.75. The summed E-state index contributed by atoms with van der Waals surface area (Å²) < 4.78 is 45.5. The van der Waals surface area contributed by atoms with Crippen molar-refractivity contribution in [3.05, 3.63) is 94.5 Å². The van der Waals surface area contributed by atoms with E-state index in [9.17, 15) is 33.0 Å². The Kier molecular flexibility index (Phi) is 7.00. The number of alkyl carbamates (subject to hydrolysis) is 1. The van der Waals surface area contributed by atoms with Crippen molar-refractivity contribution in [2.24, 2.45) is 0 Å². The van der Waals surface area contributed by atoms with Crippen LogP contribution in [0, 0.1) is 0 Å². The summed E-state index contributed by atoms with van der Waals surface area (Å²) in [6, 6.07) is 17.5. The predicted molar refractivity (Wildman–Crippen MR) is 122 cm³/mol. The normalized spacial score (nSPS) is 14.5. The fourth-order valence-corrected chi connectivity index (χ4v) is 4.35. The lowest BCUT2D eigenvalue weighted by Gasteiger charge is -2.22. The maximum Gasteiger partial charge on any atom is 0.416 e. The van der Waals surface area contributed by atoms with Crippen molar-refractivity contribution in [2.75, 3.05) is 13.2 Å². The van der Waals surface area contributed by atoms with Gasteiger partial charge in [0.1, 0.15) is 18.8 Å². The summed E-state index contributed by atoms with van der Waals surface area (Å²) >= 11 is 0. The van der Waals surface area contributed by atoms with E-state index in [4.69, 9.17) is 9.84 Å². The van der Waals surface area contributed by atoms with Crippen LogP contribution in [0.2, 0.25) is 0 Å². The Labute approximate surface area is 203 Å². The molecular formula is C26H22F3NO6. The lowest BCUT2D eigenvalue weighted by Crippen LogP contribution is -2.36. The number of benzene rings is 3. The maximum absolute atomic E-state index is 13.4. The molecule has 0 aliphatic heterocycles. The Morgan fingerprint density at radius 1 is 0.944 bits per heavy atom. The number of hydrogen-bond donors (Lipinski definition) is 4. The Hall–Kier alpha value is -3.89. The zero-order valence-corrected chi connectivity index (χ0v) is 18.7. The molecule has 4 N–H and O–H groups in total. The van der Waals surface area contributed by atoms with E-state index in [2.05, 4.69) is 5.32 Å². The van der Waals surface area contributed by atoms with E-state index >= 15 is 0 Å². The van der Waals surface area contributed by atoms with Gasteiger partial charge in [0.15, 0.2) is 0 Å². The van der Waals surface area contributed by atoms with E-state index in [1.165, 1.54) is 0 Å². The number of carbonyl (C=O) groups is 2. The molecular weight excluding hydrogens is 479 g/mol. The molecule has 2 unspecified atom stereocenters. The van der Waals surface area contributed by atoms with Crippen molar-refractivity contribution < 1.29 is 42.8 Å². The number of carbonyl (C=O) groups excluding carboxylic acids is 1. The number of alkyl halides is 3. The number of aliphatic hydroxyl groups is 2. The lowest BCUT2D eigenvalue weighted by molar-refractivity contribution is -0.139. The molecule has 0 saturated carbocycles. The minimum absolute atomic E-state index is 0.00657. The monoisotopic (exact) mass is 501 g/mol. The number of amides is 1. The van der Waals surface area contributed by atoms with Crippen molar-refractivity contribution in [3.8, 4) is 11.1 Å². The molecule has 10 heteroatoms. The molecule has 0 saturated heterocycles. The number of carboxylic acid groups (broad SMARTS) is 1. The molecule has 7 nitrogen and oxygen atoms in total. The van der Waals surface area contributed by atoms with Gasteiger partial charge in [-0.3, -0.25) is 0 Å². The molecule has 1 aliphatic carbocycles. The first-order valence-corrected chi connectivity index (χ1v) is 11.0. The number of hydrogen-bond acceptors (Lipinski definition) is 5. The van der Waals surface area contributed by atoms with Crippen molar-refractivity contribution in [3.63, 3.8) is 0 Å². The molecule has 0 aromatic heterocycles. The molecule has 36 heavy (non-hydrogen) atoms. The number of rotatable bonds is 7. The highest BCUT2D eigenvalue weighted by molar-refractivity contribution is 5.88. The minimum atomic E-state index is -4.97. The molecule has 3 aromatic carbocycles. The topological polar surface area (TPSA) is 116 Å². The number of nitrogens with one attached hydrogen (secondary N) is 1. The zero-order chi connectivity index (χ0) is 26.0. The van der Waals surface area contributed by atoms with E-state index in [-0.39, 0.29) is 12.5 Å². The summed E-state index contributed by atoms with van der Waals surface area (Å²) in [7, 11) is 0. The molecule has 0 bridgehead atoms.